The Balaban J connectivity index is 0.00000288. The van der Waals surface area contributed by atoms with Gasteiger partial charge < -0.3 is 19.9 Å². The lowest BCUT2D eigenvalue weighted by Crippen LogP contribution is -2.07. The van der Waals surface area contributed by atoms with E-state index in [-0.39, 0.29) is 12.4 Å². The maximum absolute atomic E-state index is 5.75. The molecule has 0 aliphatic heterocycles. The van der Waals surface area contributed by atoms with Gasteiger partial charge >= 0.3 is 0 Å². The number of aryl methyl sites for hydroxylation is 2. The molecule has 0 aromatic heterocycles. The van der Waals surface area contributed by atoms with E-state index in [1.165, 1.54) is 16.7 Å². The highest BCUT2D eigenvalue weighted by Gasteiger charge is 2.11. The highest BCUT2D eigenvalue weighted by Crippen LogP contribution is 2.31. The van der Waals surface area contributed by atoms with Crippen LogP contribution in [0.3, 0.4) is 0 Å². The van der Waals surface area contributed by atoms with Crippen LogP contribution >= 0.6 is 12.4 Å². The van der Waals surface area contributed by atoms with Crippen LogP contribution in [0.2, 0.25) is 0 Å². The van der Waals surface area contributed by atoms with Gasteiger partial charge in [0.1, 0.15) is 5.75 Å². The molecule has 2 aromatic carbocycles. The van der Waals surface area contributed by atoms with E-state index in [4.69, 9.17) is 19.9 Å². The first-order valence-electron chi connectivity index (χ1n) is 7.78. The van der Waals surface area contributed by atoms with Crippen LogP contribution in [0.15, 0.2) is 36.4 Å². The molecule has 0 spiro atoms. The van der Waals surface area contributed by atoms with Gasteiger partial charge in [0.15, 0.2) is 11.5 Å². The van der Waals surface area contributed by atoms with E-state index in [1.807, 2.05) is 18.2 Å². The average molecular weight is 352 g/mol. The van der Waals surface area contributed by atoms with Crippen LogP contribution in [0.1, 0.15) is 16.7 Å². The van der Waals surface area contributed by atoms with Crippen LogP contribution in [-0.2, 0) is 19.3 Å². The molecule has 2 aromatic rings. The Bertz CT molecular complexity index is 647. The molecule has 24 heavy (non-hydrogen) atoms. The molecule has 0 radical (unpaired) electrons. The molecule has 132 valence electrons. The van der Waals surface area contributed by atoms with Crippen LogP contribution in [0.5, 0.6) is 17.2 Å². The topological polar surface area (TPSA) is 53.7 Å². The number of hydrogen-bond donors (Lipinski definition) is 1. The molecular weight excluding hydrogens is 326 g/mol. The van der Waals surface area contributed by atoms with Crippen molar-refractivity contribution < 1.29 is 14.2 Å². The van der Waals surface area contributed by atoms with E-state index in [2.05, 4.69) is 18.2 Å². The summed E-state index contributed by atoms with van der Waals surface area (Å²) in [6.07, 6.45) is 2.68. The number of hydrogen-bond acceptors (Lipinski definition) is 4. The monoisotopic (exact) mass is 351 g/mol. The van der Waals surface area contributed by atoms with E-state index in [1.54, 1.807) is 21.3 Å². The van der Waals surface area contributed by atoms with Crippen molar-refractivity contribution in [3.8, 4) is 17.2 Å². The van der Waals surface area contributed by atoms with Crippen molar-refractivity contribution in [3.05, 3.63) is 53.1 Å². The van der Waals surface area contributed by atoms with Gasteiger partial charge in [-0.25, -0.2) is 0 Å². The van der Waals surface area contributed by atoms with Crippen molar-refractivity contribution in [2.75, 3.05) is 27.9 Å². The third-order valence-corrected chi connectivity index (χ3v) is 3.94. The highest BCUT2D eigenvalue weighted by atomic mass is 35.5. The molecule has 2 N–H and O–H groups in total. The first-order valence-corrected chi connectivity index (χ1v) is 7.78. The molecule has 0 aliphatic rings. The van der Waals surface area contributed by atoms with Gasteiger partial charge in [-0.3, -0.25) is 0 Å². The summed E-state index contributed by atoms with van der Waals surface area (Å²) in [7, 11) is 5.00. The second kappa shape index (κ2) is 10.1. The zero-order valence-corrected chi connectivity index (χ0v) is 15.3. The average Bonchev–Trinajstić information content (AvgIpc) is 2.60. The Kier molecular flexibility index (Phi) is 8.44. The number of rotatable bonds is 8. The van der Waals surface area contributed by atoms with Crippen molar-refractivity contribution in [2.45, 2.75) is 19.3 Å². The molecule has 0 fully saturated rings. The van der Waals surface area contributed by atoms with Gasteiger partial charge in [-0.1, -0.05) is 12.1 Å². The summed E-state index contributed by atoms with van der Waals surface area (Å²) >= 11 is 0. The summed E-state index contributed by atoms with van der Waals surface area (Å²) < 4.78 is 16.1. The van der Waals surface area contributed by atoms with E-state index in [9.17, 15) is 0 Å². The molecular formula is C19H26ClNO3. The minimum Gasteiger partial charge on any atom is -0.497 e. The Morgan fingerprint density at radius 2 is 1.42 bits per heavy atom. The largest absolute Gasteiger partial charge is 0.497 e. The molecule has 2 rings (SSSR count). The summed E-state index contributed by atoms with van der Waals surface area (Å²) in [5.74, 6) is 2.40. The zero-order chi connectivity index (χ0) is 16.7. The summed E-state index contributed by atoms with van der Waals surface area (Å²) in [4.78, 5) is 0. The summed E-state index contributed by atoms with van der Waals surface area (Å²) in [5.41, 5.74) is 9.46. The molecule has 0 saturated heterocycles. The molecule has 0 saturated carbocycles. The number of nitrogens with two attached hydrogens (primary N) is 1. The first kappa shape index (κ1) is 20.1. The second-order valence-electron chi connectivity index (χ2n) is 5.37. The number of halogens is 1. The van der Waals surface area contributed by atoms with E-state index in [0.29, 0.717) is 6.54 Å². The summed E-state index contributed by atoms with van der Waals surface area (Å²) in [5, 5.41) is 0. The Labute approximate surface area is 150 Å². The molecule has 0 aliphatic carbocycles. The summed E-state index contributed by atoms with van der Waals surface area (Å²) in [6, 6.07) is 12.3. The van der Waals surface area contributed by atoms with Crippen LogP contribution < -0.4 is 19.9 Å². The van der Waals surface area contributed by atoms with Crippen molar-refractivity contribution >= 4 is 12.4 Å². The summed E-state index contributed by atoms with van der Waals surface area (Å²) in [6.45, 7) is 0.613. The predicted octanol–water partition coefficient (Wildman–Crippen LogP) is 3.42. The molecule has 5 heteroatoms. The van der Waals surface area contributed by atoms with Gasteiger partial charge in [0.2, 0.25) is 0 Å². The predicted molar refractivity (Wildman–Crippen MR) is 100.0 cm³/mol. The number of ether oxygens (including phenoxy) is 3. The molecule has 0 atom stereocenters. The maximum Gasteiger partial charge on any atom is 0.161 e. The molecule has 0 amide bonds. The minimum atomic E-state index is 0. The fourth-order valence-electron chi connectivity index (χ4n) is 2.69. The quantitative estimate of drug-likeness (QED) is 0.791. The van der Waals surface area contributed by atoms with Gasteiger partial charge in [-0.05, 0) is 66.8 Å². The van der Waals surface area contributed by atoms with E-state index >= 15 is 0 Å². The highest BCUT2D eigenvalue weighted by molar-refractivity contribution is 5.85. The van der Waals surface area contributed by atoms with Crippen LogP contribution in [-0.4, -0.2) is 27.9 Å². The molecule has 4 nitrogen and oxygen atoms in total. The number of benzene rings is 2. The smallest absolute Gasteiger partial charge is 0.161 e. The van der Waals surface area contributed by atoms with Crippen molar-refractivity contribution in [2.24, 2.45) is 5.73 Å². The van der Waals surface area contributed by atoms with E-state index < -0.39 is 0 Å². The van der Waals surface area contributed by atoms with Crippen LogP contribution in [0, 0.1) is 0 Å². The maximum atomic E-state index is 5.75. The van der Waals surface area contributed by atoms with Gasteiger partial charge in [0.05, 0.1) is 21.3 Å². The fraction of sp³-hybridized carbons (Fsp3) is 0.368. The molecule has 0 unspecified atom stereocenters. The standard InChI is InChI=1S/C19H25NO3.ClH/c1-21-17-6-4-5-14(11-17)7-8-15-12-18(22-2)19(23-3)13-16(15)9-10-20;/h4-6,11-13H,7-10,20H2,1-3H3;1H. The minimum absolute atomic E-state index is 0. The van der Waals surface area contributed by atoms with Crippen molar-refractivity contribution in [3.63, 3.8) is 0 Å². The third kappa shape index (κ3) is 5.05. The van der Waals surface area contributed by atoms with Crippen molar-refractivity contribution in [1.29, 1.82) is 0 Å². The van der Waals surface area contributed by atoms with Crippen LogP contribution in [0.4, 0.5) is 0 Å². The normalized spacial score (nSPS) is 10.0. The molecule has 0 heterocycles. The lowest BCUT2D eigenvalue weighted by atomic mass is 9.97. The van der Waals surface area contributed by atoms with Gasteiger partial charge in [0.25, 0.3) is 0 Å². The zero-order valence-electron chi connectivity index (χ0n) is 14.5. The lowest BCUT2D eigenvalue weighted by Gasteiger charge is -2.15. The van der Waals surface area contributed by atoms with Gasteiger partial charge in [0, 0.05) is 0 Å². The SMILES string of the molecule is COc1cccc(CCc2cc(OC)c(OC)cc2CCN)c1.Cl. The lowest BCUT2D eigenvalue weighted by molar-refractivity contribution is 0.354. The van der Waals surface area contributed by atoms with Crippen LogP contribution in [0.25, 0.3) is 0 Å². The Morgan fingerprint density at radius 3 is 1.96 bits per heavy atom. The molecule has 0 bridgehead atoms. The fourth-order valence-corrected chi connectivity index (χ4v) is 2.69. The second-order valence-corrected chi connectivity index (χ2v) is 5.37. The third-order valence-electron chi connectivity index (χ3n) is 3.94. The van der Waals surface area contributed by atoms with E-state index in [0.717, 1.165) is 36.5 Å². The van der Waals surface area contributed by atoms with Gasteiger partial charge in [-0.2, -0.15) is 0 Å². The Hall–Kier alpha value is -1.91. The first-order chi connectivity index (χ1) is 11.2. The Morgan fingerprint density at radius 1 is 0.792 bits per heavy atom. The number of methoxy groups -OCH3 is 3. The van der Waals surface area contributed by atoms with Crippen molar-refractivity contribution in [1.82, 2.24) is 0 Å². The van der Waals surface area contributed by atoms with Gasteiger partial charge in [-0.15, -0.1) is 12.4 Å².